The lowest BCUT2D eigenvalue weighted by molar-refractivity contribution is -0.137. The molecule has 0 bridgehead atoms. The van der Waals surface area contributed by atoms with E-state index in [9.17, 15) is 4.79 Å². The zero-order chi connectivity index (χ0) is 12.5. The van der Waals surface area contributed by atoms with Gasteiger partial charge in [-0.2, -0.15) is 0 Å². The van der Waals surface area contributed by atoms with Gasteiger partial charge in [0.2, 0.25) is 5.91 Å². The van der Waals surface area contributed by atoms with E-state index in [4.69, 9.17) is 0 Å². The molecule has 3 atom stereocenters. The summed E-state index contributed by atoms with van der Waals surface area (Å²) in [6, 6.07) is 4.36. The van der Waals surface area contributed by atoms with Crippen molar-refractivity contribution >= 4 is 5.91 Å². The minimum Gasteiger partial charge on any atom is -0.363 e. The quantitative estimate of drug-likeness (QED) is 0.832. The number of hydrogen-bond donors (Lipinski definition) is 2. The highest BCUT2D eigenvalue weighted by Gasteiger charge is 2.38. The summed E-state index contributed by atoms with van der Waals surface area (Å²) < 4.78 is 0. The van der Waals surface area contributed by atoms with E-state index in [1.165, 1.54) is 5.69 Å². The highest BCUT2D eigenvalue weighted by atomic mass is 16.2. The van der Waals surface area contributed by atoms with Crippen molar-refractivity contribution in [2.24, 2.45) is 11.8 Å². The Balaban J connectivity index is 1.76. The maximum absolute atomic E-state index is 12.6. The van der Waals surface area contributed by atoms with Crippen molar-refractivity contribution in [2.45, 2.75) is 25.8 Å². The fourth-order valence-electron chi connectivity index (χ4n) is 3.26. The van der Waals surface area contributed by atoms with Crippen molar-refractivity contribution < 1.29 is 4.79 Å². The smallest absolute Gasteiger partial charge is 0.227 e. The maximum atomic E-state index is 12.6. The number of amides is 1. The number of aromatic nitrogens is 1. The molecule has 0 spiro atoms. The Morgan fingerprint density at radius 2 is 2.33 bits per heavy atom. The SMILES string of the molecule is C[C@@H]1CNC[C@H]1C(=O)N1CCCC1c1ccc[nH]1. The summed E-state index contributed by atoms with van der Waals surface area (Å²) in [6.45, 7) is 4.89. The van der Waals surface area contributed by atoms with Crippen LogP contribution in [0.4, 0.5) is 0 Å². The van der Waals surface area contributed by atoms with Gasteiger partial charge in [-0.3, -0.25) is 4.79 Å². The number of likely N-dealkylation sites (tertiary alicyclic amines) is 1. The van der Waals surface area contributed by atoms with Crippen molar-refractivity contribution in [1.82, 2.24) is 15.2 Å². The van der Waals surface area contributed by atoms with Crippen molar-refractivity contribution in [3.63, 3.8) is 0 Å². The van der Waals surface area contributed by atoms with Gasteiger partial charge in [0.1, 0.15) is 0 Å². The normalized spacial score (nSPS) is 32.1. The van der Waals surface area contributed by atoms with E-state index in [1.54, 1.807) is 0 Å². The summed E-state index contributed by atoms with van der Waals surface area (Å²) in [5, 5.41) is 3.32. The van der Waals surface area contributed by atoms with Gasteiger partial charge in [-0.25, -0.2) is 0 Å². The van der Waals surface area contributed by atoms with Gasteiger partial charge in [0, 0.05) is 25.0 Å². The molecular weight excluding hydrogens is 226 g/mol. The van der Waals surface area contributed by atoms with Gasteiger partial charge >= 0.3 is 0 Å². The van der Waals surface area contributed by atoms with E-state index < -0.39 is 0 Å². The zero-order valence-corrected chi connectivity index (χ0v) is 10.9. The van der Waals surface area contributed by atoms with Crippen molar-refractivity contribution in [3.05, 3.63) is 24.0 Å². The van der Waals surface area contributed by atoms with Crippen LogP contribution >= 0.6 is 0 Å². The predicted octanol–water partition coefficient (Wildman–Crippen LogP) is 1.53. The Kier molecular flexibility index (Phi) is 3.12. The topological polar surface area (TPSA) is 48.1 Å². The van der Waals surface area contributed by atoms with Crippen LogP contribution in [0.25, 0.3) is 0 Å². The van der Waals surface area contributed by atoms with Crippen molar-refractivity contribution in [1.29, 1.82) is 0 Å². The van der Waals surface area contributed by atoms with Crippen molar-refractivity contribution in [3.8, 4) is 0 Å². The van der Waals surface area contributed by atoms with Gasteiger partial charge < -0.3 is 15.2 Å². The number of aromatic amines is 1. The number of carbonyl (C=O) groups is 1. The van der Waals surface area contributed by atoms with Crippen LogP contribution in [0, 0.1) is 11.8 Å². The standard InChI is InChI=1S/C14H21N3O/c1-10-8-15-9-11(10)14(18)17-7-3-5-13(17)12-4-2-6-16-12/h2,4,6,10-11,13,15-16H,3,5,7-9H2,1H3/t10-,11-,13?/m1/s1. The molecule has 98 valence electrons. The third-order valence-corrected chi connectivity index (χ3v) is 4.35. The monoisotopic (exact) mass is 247 g/mol. The van der Waals surface area contributed by atoms with Gasteiger partial charge in [0.25, 0.3) is 0 Å². The molecule has 1 amide bonds. The first-order valence-electron chi connectivity index (χ1n) is 6.92. The molecular formula is C14H21N3O. The lowest BCUT2D eigenvalue weighted by Gasteiger charge is -2.28. The molecule has 0 saturated carbocycles. The summed E-state index contributed by atoms with van der Waals surface area (Å²) in [5.41, 5.74) is 1.18. The Morgan fingerprint density at radius 3 is 3.00 bits per heavy atom. The molecule has 1 aromatic rings. The Labute approximate surface area is 108 Å². The first-order valence-corrected chi connectivity index (χ1v) is 6.92. The number of carbonyl (C=O) groups excluding carboxylic acids is 1. The fourth-order valence-corrected chi connectivity index (χ4v) is 3.26. The summed E-state index contributed by atoms with van der Waals surface area (Å²) >= 11 is 0. The number of nitrogens with one attached hydrogen (secondary N) is 2. The van der Waals surface area contributed by atoms with Gasteiger partial charge in [-0.1, -0.05) is 6.92 Å². The molecule has 2 aliphatic heterocycles. The molecule has 4 heteroatoms. The minimum atomic E-state index is 0.167. The van der Waals surface area contributed by atoms with Gasteiger partial charge in [0.05, 0.1) is 12.0 Å². The first kappa shape index (κ1) is 11.8. The average molecular weight is 247 g/mol. The van der Waals surface area contributed by atoms with Gasteiger partial charge in [-0.05, 0) is 37.4 Å². The molecule has 3 rings (SSSR count). The minimum absolute atomic E-state index is 0.167. The second-order valence-electron chi connectivity index (χ2n) is 5.56. The Hall–Kier alpha value is -1.29. The largest absolute Gasteiger partial charge is 0.363 e. The zero-order valence-electron chi connectivity index (χ0n) is 10.9. The van der Waals surface area contributed by atoms with E-state index in [1.807, 2.05) is 12.3 Å². The molecule has 1 aromatic heterocycles. The van der Waals surface area contributed by atoms with Crippen molar-refractivity contribution in [2.75, 3.05) is 19.6 Å². The van der Waals surface area contributed by atoms with Crippen LogP contribution in [-0.4, -0.2) is 35.4 Å². The van der Waals surface area contributed by atoms with Crippen LogP contribution in [-0.2, 0) is 4.79 Å². The number of H-pyrrole nitrogens is 1. The van der Waals surface area contributed by atoms with Gasteiger partial charge in [0.15, 0.2) is 0 Å². The number of hydrogen-bond acceptors (Lipinski definition) is 2. The molecule has 2 aliphatic rings. The van der Waals surface area contributed by atoms with E-state index >= 15 is 0 Å². The van der Waals surface area contributed by atoms with Crippen LogP contribution in [0.2, 0.25) is 0 Å². The second-order valence-corrected chi connectivity index (χ2v) is 5.56. The molecule has 1 unspecified atom stereocenters. The fraction of sp³-hybridized carbons (Fsp3) is 0.643. The summed E-state index contributed by atoms with van der Waals surface area (Å²) in [5.74, 6) is 0.965. The molecule has 4 nitrogen and oxygen atoms in total. The van der Waals surface area contributed by atoms with Crippen LogP contribution in [0.15, 0.2) is 18.3 Å². The third kappa shape index (κ3) is 1.94. The molecule has 2 saturated heterocycles. The molecule has 0 aliphatic carbocycles. The summed E-state index contributed by atoms with van der Waals surface area (Å²) in [6.07, 6.45) is 4.14. The molecule has 2 fully saturated rings. The summed E-state index contributed by atoms with van der Waals surface area (Å²) in [7, 11) is 0. The second kappa shape index (κ2) is 4.76. The number of rotatable bonds is 2. The predicted molar refractivity (Wildman–Crippen MR) is 70.0 cm³/mol. The third-order valence-electron chi connectivity index (χ3n) is 4.35. The van der Waals surface area contributed by atoms with Crippen LogP contribution in [0.5, 0.6) is 0 Å². The molecule has 18 heavy (non-hydrogen) atoms. The van der Waals surface area contributed by atoms with E-state index in [0.29, 0.717) is 11.8 Å². The van der Waals surface area contributed by atoms with E-state index in [0.717, 1.165) is 32.5 Å². The Morgan fingerprint density at radius 1 is 1.44 bits per heavy atom. The van der Waals surface area contributed by atoms with Gasteiger partial charge in [-0.15, -0.1) is 0 Å². The maximum Gasteiger partial charge on any atom is 0.227 e. The first-order chi connectivity index (χ1) is 8.77. The molecule has 2 N–H and O–H groups in total. The average Bonchev–Trinajstić information content (AvgIpc) is 3.09. The lowest BCUT2D eigenvalue weighted by atomic mass is 9.96. The Bertz CT molecular complexity index is 415. The van der Waals surface area contributed by atoms with E-state index in [2.05, 4.69) is 28.2 Å². The molecule has 0 aromatic carbocycles. The molecule has 3 heterocycles. The number of nitrogens with zero attached hydrogens (tertiary/aromatic N) is 1. The van der Waals surface area contributed by atoms with Crippen LogP contribution in [0.3, 0.4) is 0 Å². The van der Waals surface area contributed by atoms with E-state index in [-0.39, 0.29) is 12.0 Å². The molecule has 0 radical (unpaired) electrons. The van der Waals surface area contributed by atoms with Crippen LogP contribution in [0.1, 0.15) is 31.5 Å². The highest BCUT2D eigenvalue weighted by Crippen LogP contribution is 2.33. The summed E-state index contributed by atoms with van der Waals surface area (Å²) in [4.78, 5) is 18.0. The highest BCUT2D eigenvalue weighted by molar-refractivity contribution is 5.80. The van der Waals surface area contributed by atoms with Crippen LogP contribution < -0.4 is 5.32 Å². The lowest BCUT2D eigenvalue weighted by Crippen LogP contribution is -2.38.